The third kappa shape index (κ3) is 21.5. The molecular formula is C78H113N19O9Si2. The minimum absolute atomic E-state index is 0.130. The molecule has 0 atom stereocenters. The molecule has 30 heteroatoms. The molecule has 1 saturated carbocycles. The predicted octanol–water partition coefficient (Wildman–Crippen LogP) is 13.4. The number of fused-ring (bicyclic) bond motifs is 2. The number of allylic oxidation sites excluding steroid dienone is 1. The van der Waals surface area contributed by atoms with Crippen LogP contribution in [-0.2, 0) is 53.0 Å². The SMILES string of the molecule is CC(C)(C)OC(=O)N1CCC(=O)CC1.CC(C)(C)OC(=O)N1CCC(C#N)(N2CC(CC#N)(n3cc(-c4ncnc5c4ccn5COCC[Si](C)(C)C)cn3)C2)CC1.CC(C)(C)OC(=O)N1CCC(C)(N2CC(=CC#N)C2)CC1.C[Si](C)(C)CCOCn1ccc2c(-c3cnn(C4(CC#N)CCC4)c3)ncnc21. The molecule has 582 valence electrons. The van der Waals surface area contributed by atoms with Crippen molar-refractivity contribution < 1.29 is 42.9 Å². The van der Waals surface area contributed by atoms with Gasteiger partial charge < -0.3 is 47.5 Å². The van der Waals surface area contributed by atoms with Gasteiger partial charge in [0.25, 0.3) is 0 Å². The summed E-state index contributed by atoms with van der Waals surface area (Å²) in [5.74, 6) is 0.227. The van der Waals surface area contributed by atoms with E-state index in [4.69, 9.17) is 34.0 Å². The summed E-state index contributed by atoms with van der Waals surface area (Å²) in [4.78, 5) is 74.8. The minimum atomic E-state index is -1.17. The lowest BCUT2D eigenvalue weighted by atomic mass is 9.75. The van der Waals surface area contributed by atoms with Crippen LogP contribution in [0.3, 0.4) is 0 Å². The largest absolute Gasteiger partial charge is 0.444 e. The number of piperidine rings is 3. The molecule has 11 heterocycles. The highest BCUT2D eigenvalue weighted by Gasteiger charge is 2.55. The molecule has 0 aromatic carbocycles. The van der Waals surface area contributed by atoms with Crippen molar-refractivity contribution in [3.8, 4) is 46.8 Å². The molecular weight excluding hydrogens is 1400 g/mol. The quantitative estimate of drug-likeness (QED) is 0.0334. The Kier molecular flexibility index (Phi) is 26.5. The fourth-order valence-electron chi connectivity index (χ4n) is 13.8. The maximum absolute atomic E-state index is 12.6. The van der Waals surface area contributed by atoms with Crippen LogP contribution in [0.15, 0.2) is 73.6 Å². The first-order valence-corrected chi connectivity index (χ1v) is 45.3. The Hall–Kier alpha value is -8.89. The Morgan fingerprint density at radius 2 is 0.981 bits per heavy atom. The van der Waals surface area contributed by atoms with Gasteiger partial charge in [-0.05, 0) is 144 Å². The van der Waals surface area contributed by atoms with Gasteiger partial charge in [0.1, 0.15) is 71.1 Å². The van der Waals surface area contributed by atoms with Crippen LogP contribution in [0.5, 0.6) is 0 Å². The van der Waals surface area contributed by atoms with E-state index < -0.39 is 44.0 Å². The molecule has 0 unspecified atom stereocenters. The summed E-state index contributed by atoms with van der Waals surface area (Å²) >= 11 is 0. The van der Waals surface area contributed by atoms with Gasteiger partial charge in [-0.15, -0.1) is 0 Å². The number of hydrogen-bond donors (Lipinski definition) is 0. The van der Waals surface area contributed by atoms with Crippen LogP contribution < -0.4 is 0 Å². The average molecular weight is 1520 g/mol. The number of nitriles is 4. The molecule has 5 aliphatic heterocycles. The fraction of sp³-hybridized carbons (Fsp3) is 0.641. The molecule has 6 aromatic heterocycles. The summed E-state index contributed by atoms with van der Waals surface area (Å²) in [5.41, 5.74) is 3.57. The number of hydrogen-bond acceptors (Lipinski definition) is 21. The van der Waals surface area contributed by atoms with Gasteiger partial charge in [0.2, 0.25) is 0 Å². The summed E-state index contributed by atoms with van der Waals surface area (Å²) in [6.45, 7) is 41.6. The number of carbonyl (C=O) groups excluding carboxylic acids is 4. The van der Waals surface area contributed by atoms with Crippen molar-refractivity contribution in [3.63, 3.8) is 0 Å². The first-order valence-electron chi connectivity index (χ1n) is 37.9. The van der Waals surface area contributed by atoms with Crippen LogP contribution in [0.25, 0.3) is 44.6 Å². The second kappa shape index (κ2) is 34.4. The zero-order chi connectivity index (χ0) is 78.7. The van der Waals surface area contributed by atoms with E-state index in [0.29, 0.717) is 84.8 Å². The molecule has 3 amide bonds. The Morgan fingerprint density at radius 1 is 0.565 bits per heavy atom. The maximum atomic E-state index is 12.6. The van der Waals surface area contributed by atoms with Crippen molar-refractivity contribution in [1.82, 2.24) is 73.1 Å². The van der Waals surface area contributed by atoms with Crippen molar-refractivity contribution in [2.45, 2.75) is 244 Å². The zero-order valence-corrected chi connectivity index (χ0v) is 68.6. The Balaban J connectivity index is 0.000000181. The molecule has 28 nitrogen and oxygen atoms in total. The van der Waals surface area contributed by atoms with Crippen molar-refractivity contribution in [3.05, 3.63) is 73.6 Å². The number of ketones is 1. The van der Waals surface area contributed by atoms with E-state index in [0.717, 1.165) is 128 Å². The van der Waals surface area contributed by atoms with Crippen LogP contribution >= 0.6 is 0 Å². The van der Waals surface area contributed by atoms with Crippen LogP contribution in [0.4, 0.5) is 14.4 Å². The number of amides is 3. The van der Waals surface area contributed by atoms with Crippen LogP contribution in [0, 0.1) is 45.3 Å². The normalized spacial score (nSPS) is 18.5. The molecule has 5 saturated heterocycles. The molecule has 108 heavy (non-hydrogen) atoms. The van der Waals surface area contributed by atoms with Gasteiger partial charge in [0.15, 0.2) is 0 Å². The molecule has 6 fully saturated rings. The predicted molar refractivity (Wildman–Crippen MR) is 416 cm³/mol. The average Bonchev–Trinajstić information content (AvgIpc) is 1.16. The monoisotopic (exact) mass is 1520 g/mol. The van der Waals surface area contributed by atoms with Crippen molar-refractivity contribution >= 4 is 62.3 Å². The highest BCUT2D eigenvalue weighted by atomic mass is 28.3. The molecule has 1 aliphatic carbocycles. The lowest BCUT2D eigenvalue weighted by Crippen LogP contribution is -2.71. The molecule has 0 bridgehead atoms. The Labute approximate surface area is 638 Å². The first-order chi connectivity index (χ1) is 50.8. The number of likely N-dealkylation sites (tertiary alicyclic amines) is 5. The van der Waals surface area contributed by atoms with Gasteiger partial charge in [-0.1, -0.05) is 39.3 Å². The van der Waals surface area contributed by atoms with Crippen LogP contribution in [0.1, 0.15) is 140 Å². The summed E-state index contributed by atoms with van der Waals surface area (Å²) in [6, 6.07) is 15.6. The van der Waals surface area contributed by atoms with E-state index in [2.05, 4.69) is 105 Å². The third-order valence-electron chi connectivity index (χ3n) is 20.7. The van der Waals surface area contributed by atoms with Gasteiger partial charge >= 0.3 is 18.3 Å². The maximum Gasteiger partial charge on any atom is 0.410 e. The topological polar surface area (TPSA) is 323 Å². The van der Waals surface area contributed by atoms with Gasteiger partial charge in [-0.3, -0.25) is 24.0 Å². The molecule has 0 spiro atoms. The minimum Gasteiger partial charge on any atom is -0.444 e. The van der Waals surface area contributed by atoms with Crippen LogP contribution in [-0.4, -0.2) is 220 Å². The number of aromatic nitrogens is 10. The summed E-state index contributed by atoms with van der Waals surface area (Å²) in [5, 5.41) is 49.1. The number of Topliss-reactive ketones (excluding diaryl/α,β-unsaturated/α-hetero) is 1. The third-order valence-corrected chi connectivity index (χ3v) is 24.1. The van der Waals surface area contributed by atoms with E-state index in [9.17, 15) is 35.0 Å². The standard InChI is InChI=1S/C31H43N9O3Si.C21H28N6OSi.C16H25N3O2.C10H17NO3/c1-29(2,3)43-28(41)37-13-9-30(19-33,10-14-37)39-20-31(21-39,8-11-32)40-18-24(17-36-40)26-25-7-12-38(27(25)35-22-34-26)23-42-15-16-44(4,5)6;1-29(2,3)12-11-28-16-26-10-5-18-19(23-15-24-20(18)26)17-13-25-27(14-17)21(8-9-22)6-4-7-21;1-15(2,3)21-14(20)18-9-6-16(4,7-10-18)19-11-13(12-19)5-8-17;1-10(2,3)14-9(13)11-6-4-8(12)5-7-11/h7,12,17-18,22H,8-10,13-16,20-21,23H2,1-6H3;5,10,13-15H,4,6-8,11-12,16H2,1-3H3;5H,6-7,9-12H2,1-4H3;4-7H2,1-3H3. The number of rotatable bonds is 18. The number of carbonyl (C=O) groups is 4. The summed E-state index contributed by atoms with van der Waals surface area (Å²) in [6.07, 6.45) is 23.3. The van der Waals surface area contributed by atoms with E-state index in [1.807, 2.05) is 124 Å². The Morgan fingerprint density at radius 3 is 1.37 bits per heavy atom. The molecule has 12 rings (SSSR count). The number of ether oxygens (including phenoxy) is 5. The molecule has 6 aromatic rings. The second-order valence-corrected chi connectivity index (χ2v) is 46.5. The highest BCUT2D eigenvalue weighted by molar-refractivity contribution is 6.76. The summed E-state index contributed by atoms with van der Waals surface area (Å²) in [7, 11) is -2.26. The van der Waals surface area contributed by atoms with Crippen molar-refractivity contribution in [2.24, 2.45) is 0 Å². The van der Waals surface area contributed by atoms with E-state index in [-0.39, 0.29) is 41.6 Å². The van der Waals surface area contributed by atoms with Crippen molar-refractivity contribution in [1.29, 1.82) is 21.0 Å². The van der Waals surface area contributed by atoms with E-state index in [1.165, 1.54) is 5.57 Å². The number of nitrogens with zero attached hydrogens (tertiary/aromatic N) is 19. The zero-order valence-electron chi connectivity index (χ0n) is 66.6. The Bertz CT molecular complexity index is 4300. The second-order valence-electron chi connectivity index (χ2n) is 35.2. The highest BCUT2D eigenvalue weighted by Crippen LogP contribution is 2.44. The van der Waals surface area contributed by atoms with Gasteiger partial charge in [0, 0.05) is 166 Å². The van der Waals surface area contributed by atoms with E-state index >= 15 is 0 Å². The molecule has 6 aliphatic rings. The lowest BCUT2D eigenvalue weighted by molar-refractivity contribution is -0.121. The lowest BCUT2D eigenvalue weighted by Gasteiger charge is -2.56. The van der Waals surface area contributed by atoms with Gasteiger partial charge in [0.05, 0.1) is 66.4 Å². The van der Waals surface area contributed by atoms with Gasteiger partial charge in [-0.2, -0.15) is 31.2 Å². The van der Waals surface area contributed by atoms with Crippen LogP contribution in [0.2, 0.25) is 51.4 Å². The molecule has 0 radical (unpaired) electrons. The van der Waals surface area contributed by atoms with E-state index in [1.54, 1.807) is 39.6 Å². The van der Waals surface area contributed by atoms with Gasteiger partial charge in [-0.25, -0.2) is 34.3 Å². The smallest absolute Gasteiger partial charge is 0.410 e. The molecule has 0 N–H and O–H groups in total. The fourth-order valence-corrected chi connectivity index (χ4v) is 15.3. The van der Waals surface area contributed by atoms with Crippen molar-refractivity contribution in [2.75, 3.05) is 78.7 Å². The first kappa shape index (κ1) is 83.2. The summed E-state index contributed by atoms with van der Waals surface area (Å²) < 4.78 is 35.9.